The molecule has 0 radical (unpaired) electrons. The lowest BCUT2D eigenvalue weighted by Gasteiger charge is -2.42. The van der Waals surface area contributed by atoms with Crippen molar-refractivity contribution in [3.05, 3.63) is 239 Å². The Bertz CT molecular complexity index is 5380. The van der Waals surface area contributed by atoms with Gasteiger partial charge in [0.1, 0.15) is 24.0 Å². The summed E-state index contributed by atoms with van der Waals surface area (Å²) in [6, 6.07) is 28.1. The van der Waals surface area contributed by atoms with Crippen LogP contribution in [-0.2, 0) is 27.1 Å². The molecule has 432 valence electrons. The number of hydrogen-bond acceptors (Lipinski definition) is 4. The summed E-state index contributed by atoms with van der Waals surface area (Å²) in [5.41, 5.74) is 2.50. The minimum absolute atomic E-state index is 0.00402. The Kier molecular flexibility index (Phi) is 9.46. The van der Waals surface area contributed by atoms with Crippen molar-refractivity contribution in [2.45, 2.75) is 137 Å². The fraction of sp³-hybridized carbons (Fsp3) is 0.272. The van der Waals surface area contributed by atoms with Crippen molar-refractivity contribution in [2.75, 3.05) is 16.5 Å². The van der Waals surface area contributed by atoms with Gasteiger partial charge in [-0.1, -0.05) is 217 Å². The zero-order valence-corrected chi connectivity index (χ0v) is 51.3. The molecule has 0 unspecified atom stereocenters. The van der Waals surface area contributed by atoms with Crippen LogP contribution in [0, 0.1) is 6.85 Å². The third kappa shape index (κ3) is 10.3. The van der Waals surface area contributed by atoms with Crippen molar-refractivity contribution in [1.29, 1.82) is 0 Å². The molecule has 0 saturated heterocycles. The van der Waals surface area contributed by atoms with Crippen LogP contribution in [0.25, 0.3) is 72.1 Å². The predicted octanol–water partition coefficient (Wildman–Crippen LogP) is 22.4. The van der Waals surface area contributed by atoms with E-state index >= 15 is 0 Å². The summed E-state index contributed by atoms with van der Waals surface area (Å²) in [6.07, 6.45) is 2.68. The maximum atomic E-state index is 10.5. The number of fused-ring (bicyclic) bond motifs is 5. The lowest BCUT2D eigenvalue weighted by atomic mass is 9.63. The molecule has 1 aliphatic heterocycles. The van der Waals surface area contributed by atoms with Crippen LogP contribution in [0.3, 0.4) is 0 Å². The summed E-state index contributed by atoms with van der Waals surface area (Å²) >= 11 is 0. The molecule has 0 spiro atoms. The van der Waals surface area contributed by atoms with Gasteiger partial charge >= 0.3 is 0 Å². The highest BCUT2D eigenvalue weighted by molar-refractivity contribution is 6.09. The highest BCUT2D eigenvalue weighted by Crippen LogP contribution is 2.54. The molecular weight excluding hydrogens is 1040 g/mol. The lowest BCUT2D eigenvalue weighted by molar-refractivity contribution is 0.332. The zero-order valence-electron chi connectivity index (χ0n) is 69.3. The molecule has 5 nitrogen and oxygen atoms in total. The van der Waals surface area contributed by atoms with E-state index in [0.29, 0.717) is 85.1 Å². The Hall–Kier alpha value is -8.67. The molecule has 13 rings (SSSR count). The second kappa shape index (κ2) is 20.8. The van der Waals surface area contributed by atoms with Crippen LogP contribution in [0.5, 0.6) is 11.5 Å². The summed E-state index contributed by atoms with van der Waals surface area (Å²) in [6.45, 7) is 22.7. The number of ether oxygens (including phenoxy) is 1. The topological polar surface area (TPSA) is 33.5 Å². The number of anilines is 4. The number of rotatable bonds is 9. The second-order valence-electron chi connectivity index (χ2n) is 27.4. The molecule has 2 aromatic heterocycles. The molecule has 2 aliphatic rings. The predicted molar refractivity (Wildman–Crippen MR) is 365 cm³/mol. The van der Waals surface area contributed by atoms with Crippen molar-refractivity contribution < 1.29 is 29.4 Å². The monoisotopic (exact) mass is 1140 g/mol. The zero-order chi connectivity index (χ0) is 75.8. The van der Waals surface area contributed by atoms with E-state index in [-0.39, 0.29) is 93.2 Å². The molecule has 86 heavy (non-hydrogen) atoms. The summed E-state index contributed by atoms with van der Waals surface area (Å²) in [4.78, 5) is 8.83. The Morgan fingerprint density at radius 3 is 1.77 bits per heavy atom. The molecule has 11 aromatic rings. The van der Waals surface area contributed by atoms with E-state index in [2.05, 4.69) is 32.6 Å². The van der Waals surface area contributed by atoms with E-state index in [1.165, 1.54) is 12.3 Å². The molecule has 0 fully saturated rings. The van der Waals surface area contributed by atoms with Gasteiger partial charge in [-0.2, -0.15) is 0 Å². The Labute approximate surface area is 536 Å². The van der Waals surface area contributed by atoms with Crippen LogP contribution in [0.1, 0.15) is 161 Å². The number of aromatic nitrogens is 2. The second-order valence-corrected chi connectivity index (χ2v) is 27.4. The maximum absolute atomic E-state index is 10.5. The third-order valence-electron chi connectivity index (χ3n) is 17.1. The molecule has 9 aromatic carbocycles. The van der Waals surface area contributed by atoms with E-state index < -0.39 is 88.3 Å². The van der Waals surface area contributed by atoms with Gasteiger partial charge in [0.2, 0.25) is 0 Å². The van der Waals surface area contributed by atoms with E-state index in [1.54, 1.807) is 4.57 Å². The quantitative estimate of drug-likeness (QED) is 0.144. The maximum Gasteiger partial charge on any atom is 0.137 e. The van der Waals surface area contributed by atoms with Crippen LogP contribution in [0.4, 0.5) is 22.7 Å². The van der Waals surface area contributed by atoms with E-state index in [1.807, 2.05) is 170 Å². The molecule has 0 atom stereocenters. The van der Waals surface area contributed by atoms with Crippen molar-refractivity contribution in [3.8, 4) is 61.8 Å². The van der Waals surface area contributed by atoms with Crippen LogP contribution in [0.15, 0.2) is 206 Å². The normalized spacial score (nSPS) is 18.0. The summed E-state index contributed by atoms with van der Waals surface area (Å²) in [5.74, 6) is 0.999. The molecule has 0 amide bonds. The molecule has 1 aliphatic carbocycles. The fourth-order valence-corrected chi connectivity index (χ4v) is 12.0. The fourth-order valence-electron chi connectivity index (χ4n) is 12.0. The van der Waals surface area contributed by atoms with Gasteiger partial charge in [0.25, 0.3) is 0 Å². The van der Waals surface area contributed by atoms with Crippen molar-refractivity contribution in [2.24, 2.45) is 0 Å². The first-order valence-electron chi connectivity index (χ1n) is 38.5. The van der Waals surface area contributed by atoms with Crippen molar-refractivity contribution >= 4 is 44.6 Å². The molecule has 3 heterocycles. The van der Waals surface area contributed by atoms with Gasteiger partial charge < -0.3 is 14.5 Å². The standard InChI is InChI=1S/C81H82N4O/c1-52-41-75(82-50-68(52)54-23-16-15-17-24-54)85-71-28-19-18-27-64(71)65-37-36-63(49-74(65)85)86-62-26-22-25-61(48-62)83-51-84(73-30-21-20-29-72(73)83)76-66(55-33-31-53(32-34-55)57-42-58(77(2,3)4)45-59(43-57)78(5,6)7)46-60(79(8,9)10)47-67(76)56-35-38-69-70(44-56)81(13,14)40-39-80(69,11)12/h15-38,41-50H,39-40,51H2,1-14H3/i1D3,15D,16D,17D,23D,24D,31D,32D,33D,34D,35D,38D,42D,43D,44D,45D. The minimum atomic E-state index is -2.82. The third-order valence-corrected chi connectivity index (χ3v) is 17.1. The lowest BCUT2D eigenvalue weighted by Crippen LogP contribution is -2.33. The van der Waals surface area contributed by atoms with Gasteiger partial charge in [-0.25, -0.2) is 4.98 Å². The summed E-state index contributed by atoms with van der Waals surface area (Å²) in [5, 5.41) is 1.60. The molecule has 0 N–H and O–H groups in total. The van der Waals surface area contributed by atoms with Crippen LogP contribution < -0.4 is 14.5 Å². The summed E-state index contributed by atoms with van der Waals surface area (Å²) in [7, 11) is 0. The van der Waals surface area contributed by atoms with Gasteiger partial charge in [-0.15, -0.1) is 0 Å². The largest absolute Gasteiger partial charge is 0.457 e. The number of pyridine rings is 1. The van der Waals surface area contributed by atoms with E-state index in [4.69, 9.17) is 20.7 Å². The SMILES string of the molecule is [2H]c1c([2H])c([2H])c(-c2cnc(-n3c4ccccc4c4ccc(Oc5cccc(N6CN(c7c(-c8c([2H])c([2H])c(-c9c([2H])c(C(C)(C)C)c([2H])c(C(C)(C)C)c9[2H])c([2H])c8[2H])cc(C(C)(C)C)cc7-c7c([2H])c([2H])c8c(c7[2H])C(C)(C)CCC8(C)C)c7ccccc76)c5)cc43)cc2C([2H])([2H])[2H])c([2H])c1[2H]. The Morgan fingerprint density at radius 2 is 1.08 bits per heavy atom. The minimum Gasteiger partial charge on any atom is -0.457 e. The van der Waals surface area contributed by atoms with E-state index in [9.17, 15) is 13.7 Å². The number of para-hydroxylation sites is 3. The van der Waals surface area contributed by atoms with Gasteiger partial charge in [0.05, 0.1) is 48.7 Å². The average molecular weight is 1150 g/mol. The number of hydrogen-bond donors (Lipinski definition) is 0. The van der Waals surface area contributed by atoms with Gasteiger partial charge in [0.15, 0.2) is 0 Å². The molecule has 5 heteroatoms. The first-order chi connectivity index (χ1) is 48.4. The average Bonchev–Trinajstić information content (AvgIpc) is 0.754. The highest BCUT2D eigenvalue weighted by Gasteiger charge is 2.39. The van der Waals surface area contributed by atoms with Crippen LogP contribution in [-0.4, -0.2) is 16.2 Å². The van der Waals surface area contributed by atoms with E-state index in [0.717, 1.165) is 17.2 Å². The molecule has 0 bridgehead atoms. The number of nitrogens with zero attached hydrogens (tertiary/aromatic N) is 4. The van der Waals surface area contributed by atoms with Crippen molar-refractivity contribution in [1.82, 2.24) is 9.55 Å². The highest BCUT2D eigenvalue weighted by atomic mass is 16.5. The van der Waals surface area contributed by atoms with Gasteiger partial charge in [-0.05, 0) is 169 Å². The molecule has 0 saturated carbocycles. The van der Waals surface area contributed by atoms with Gasteiger partial charge in [-0.3, -0.25) is 4.57 Å². The molecular formula is C81H82N4O. The van der Waals surface area contributed by atoms with Crippen molar-refractivity contribution in [3.63, 3.8) is 0 Å². The van der Waals surface area contributed by atoms with Crippen LogP contribution in [0.2, 0.25) is 0 Å². The first kappa shape index (κ1) is 39.1. The summed E-state index contributed by atoms with van der Waals surface area (Å²) < 4.78 is 178. The number of aryl methyl sites for hydroxylation is 1. The smallest absolute Gasteiger partial charge is 0.137 e. The first-order valence-corrected chi connectivity index (χ1v) is 29.5. The Morgan fingerprint density at radius 1 is 0.488 bits per heavy atom. The van der Waals surface area contributed by atoms with Gasteiger partial charge in [0, 0.05) is 55.6 Å². The number of benzene rings is 9. The Balaban J connectivity index is 0.997. The van der Waals surface area contributed by atoms with Crippen LogP contribution >= 0.6 is 0 Å².